The van der Waals surface area contributed by atoms with Crippen LogP contribution in [0, 0.1) is 11.8 Å². The average Bonchev–Trinajstić information content (AvgIpc) is 2.38. The van der Waals surface area contributed by atoms with Gasteiger partial charge in [-0.1, -0.05) is 6.92 Å². The molecule has 2 aliphatic rings. The zero-order valence-electron chi connectivity index (χ0n) is 14.2. The van der Waals surface area contributed by atoms with Gasteiger partial charge in [-0.3, -0.25) is 4.79 Å². The number of nitrogens with two attached hydrogens (primary N) is 1. The smallest absolute Gasteiger partial charge is 0.410 e. The average molecular weight is 319 g/mol. The van der Waals surface area contributed by atoms with Gasteiger partial charge < -0.3 is 19.9 Å². The summed E-state index contributed by atoms with van der Waals surface area (Å²) in [4.78, 5) is 26.4. The lowest BCUT2D eigenvalue weighted by Gasteiger charge is -2.47. The molecule has 0 aromatic carbocycles. The fourth-order valence-corrected chi connectivity index (χ4v) is 3.69. The Kier molecular flexibility index (Phi) is 3.65. The van der Waals surface area contributed by atoms with Crippen LogP contribution >= 0.6 is 0 Å². The molecule has 1 aromatic heterocycles. The number of piperidine rings is 1. The minimum Gasteiger partial charge on any atom is -0.444 e. The number of nitrogens with zero attached hydrogens (tertiary/aromatic N) is 2. The van der Waals surface area contributed by atoms with Gasteiger partial charge in [-0.05, 0) is 38.7 Å². The van der Waals surface area contributed by atoms with E-state index in [1.807, 2.05) is 31.4 Å². The molecular weight excluding hydrogens is 294 g/mol. The number of hydrogen-bond donors (Lipinski definition) is 1. The molecule has 0 aliphatic carbocycles. The molecule has 1 amide bonds. The van der Waals surface area contributed by atoms with E-state index in [2.05, 4.69) is 6.92 Å². The maximum atomic E-state index is 12.4. The number of carbonyl (C=O) groups excluding carboxylic acids is 1. The third-order valence-electron chi connectivity index (χ3n) is 4.88. The molecule has 3 heterocycles. The summed E-state index contributed by atoms with van der Waals surface area (Å²) in [7, 11) is 0. The Morgan fingerprint density at radius 2 is 1.96 bits per heavy atom. The zero-order chi connectivity index (χ0) is 16.9. The van der Waals surface area contributed by atoms with Crippen molar-refractivity contribution in [1.29, 1.82) is 0 Å². The summed E-state index contributed by atoms with van der Waals surface area (Å²) < 4.78 is 7.32. The number of pyridine rings is 1. The molecule has 2 aliphatic heterocycles. The second-order valence-corrected chi connectivity index (χ2v) is 7.77. The Morgan fingerprint density at radius 1 is 1.26 bits per heavy atom. The van der Waals surface area contributed by atoms with Gasteiger partial charge in [0, 0.05) is 43.0 Å². The summed E-state index contributed by atoms with van der Waals surface area (Å²) in [6, 6.07) is 3.35. The van der Waals surface area contributed by atoms with Crippen molar-refractivity contribution in [1.82, 2.24) is 9.47 Å². The largest absolute Gasteiger partial charge is 0.444 e. The van der Waals surface area contributed by atoms with Gasteiger partial charge in [0.2, 0.25) is 0 Å². The van der Waals surface area contributed by atoms with Crippen LogP contribution in [0.1, 0.15) is 39.3 Å². The van der Waals surface area contributed by atoms with E-state index in [9.17, 15) is 9.59 Å². The lowest BCUT2D eigenvalue weighted by molar-refractivity contribution is 0.000544. The van der Waals surface area contributed by atoms with Crippen LogP contribution in [0.5, 0.6) is 0 Å². The highest BCUT2D eigenvalue weighted by Gasteiger charge is 2.42. The van der Waals surface area contributed by atoms with Gasteiger partial charge in [0.1, 0.15) is 5.60 Å². The van der Waals surface area contributed by atoms with Crippen LogP contribution < -0.4 is 11.3 Å². The minimum atomic E-state index is -0.505. The fraction of sp³-hybridized carbons (Fsp3) is 0.647. The van der Waals surface area contributed by atoms with Crippen molar-refractivity contribution in [2.24, 2.45) is 11.8 Å². The van der Waals surface area contributed by atoms with Gasteiger partial charge in [0.05, 0.1) is 0 Å². The zero-order valence-corrected chi connectivity index (χ0v) is 14.2. The van der Waals surface area contributed by atoms with Crippen molar-refractivity contribution in [3.8, 4) is 0 Å². The van der Waals surface area contributed by atoms with Crippen LogP contribution in [0.15, 0.2) is 16.9 Å². The SMILES string of the molecule is C[C@H]1C2CN(C(=O)OC(C)(C)C)CC1c1cc(N)cc(=O)n1C2. The van der Waals surface area contributed by atoms with Crippen LogP contribution in [-0.2, 0) is 11.3 Å². The van der Waals surface area contributed by atoms with Gasteiger partial charge in [0.25, 0.3) is 5.56 Å². The minimum absolute atomic E-state index is 0.0485. The second-order valence-electron chi connectivity index (χ2n) is 7.77. The van der Waals surface area contributed by atoms with Crippen molar-refractivity contribution < 1.29 is 9.53 Å². The number of likely N-dealkylation sites (tertiary alicyclic amines) is 1. The van der Waals surface area contributed by atoms with Crippen LogP contribution in [0.3, 0.4) is 0 Å². The molecular formula is C17H25N3O3. The highest BCUT2D eigenvalue weighted by molar-refractivity contribution is 5.68. The normalized spacial score (nSPS) is 26.6. The molecule has 0 radical (unpaired) electrons. The summed E-state index contributed by atoms with van der Waals surface area (Å²) in [6.45, 7) is 9.62. The van der Waals surface area contributed by atoms with E-state index >= 15 is 0 Å². The van der Waals surface area contributed by atoms with E-state index in [0.29, 0.717) is 31.2 Å². The molecule has 2 bridgehead atoms. The van der Waals surface area contributed by atoms with Crippen LogP contribution in [0.2, 0.25) is 0 Å². The summed E-state index contributed by atoms with van der Waals surface area (Å²) in [5.41, 5.74) is 6.73. The van der Waals surface area contributed by atoms with Gasteiger partial charge >= 0.3 is 6.09 Å². The van der Waals surface area contributed by atoms with Crippen molar-refractivity contribution in [3.63, 3.8) is 0 Å². The Bertz CT molecular complexity index is 689. The summed E-state index contributed by atoms with van der Waals surface area (Å²) in [6.07, 6.45) is -0.279. The molecule has 126 valence electrons. The maximum Gasteiger partial charge on any atom is 0.410 e. The first-order valence-corrected chi connectivity index (χ1v) is 8.14. The lowest BCUT2D eigenvalue weighted by Crippen LogP contribution is -2.53. The quantitative estimate of drug-likeness (QED) is 0.794. The van der Waals surface area contributed by atoms with Crippen molar-refractivity contribution in [2.75, 3.05) is 18.8 Å². The molecule has 0 spiro atoms. The summed E-state index contributed by atoms with van der Waals surface area (Å²) in [5.74, 6) is 0.788. The predicted octanol–water partition coefficient (Wildman–Crippen LogP) is 2.03. The Labute approximate surface area is 136 Å². The molecule has 1 saturated heterocycles. The van der Waals surface area contributed by atoms with Crippen molar-refractivity contribution in [3.05, 3.63) is 28.2 Å². The molecule has 1 aromatic rings. The third-order valence-corrected chi connectivity index (χ3v) is 4.88. The summed E-state index contributed by atoms with van der Waals surface area (Å²) in [5, 5.41) is 0. The molecule has 0 saturated carbocycles. The molecule has 2 unspecified atom stereocenters. The first-order chi connectivity index (χ1) is 10.7. The lowest BCUT2D eigenvalue weighted by atomic mass is 9.74. The Hall–Kier alpha value is -1.98. The van der Waals surface area contributed by atoms with Crippen LogP contribution in [-0.4, -0.2) is 34.3 Å². The number of nitrogen functional groups attached to an aromatic ring is 1. The molecule has 3 rings (SSSR count). The molecule has 3 atom stereocenters. The second kappa shape index (κ2) is 5.28. The number of carbonyl (C=O) groups is 1. The Morgan fingerprint density at radius 3 is 2.61 bits per heavy atom. The number of hydrogen-bond acceptors (Lipinski definition) is 4. The molecule has 23 heavy (non-hydrogen) atoms. The third kappa shape index (κ3) is 2.94. The highest BCUT2D eigenvalue weighted by Crippen LogP contribution is 2.40. The Balaban J connectivity index is 1.91. The van der Waals surface area contributed by atoms with Gasteiger partial charge in [-0.2, -0.15) is 0 Å². The van der Waals surface area contributed by atoms with Crippen LogP contribution in [0.4, 0.5) is 10.5 Å². The molecule has 1 fully saturated rings. The number of rotatable bonds is 0. The summed E-state index contributed by atoms with van der Waals surface area (Å²) >= 11 is 0. The van der Waals surface area contributed by atoms with E-state index in [-0.39, 0.29) is 23.5 Å². The van der Waals surface area contributed by atoms with E-state index in [0.717, 1.165) is 5.69 Å². The molecule has 6 heteroatoms. The molecule has 2 N–H and O–H groups in total. The van der Waals surface area contributed by atoms with Gasteiger partial charge in [0.15, 0.2) is 0 Å². The topological polar surface area (TPSA) is 77.6 Å². The van der Waals surface area contributed by atoms with Crippen molar-refractivity contribution in [2.45, 2.75) is 45.8 Å². The predicted molar refractivity (Wildman–Crippen MR) is 88.3 cm³/mol. The number of amides is 1. The number of anilines is 1. The van der Waals surface area contributed by atoms with E-state index < -0.39 is 5.60 Å². The number of ether oxygens (including phenoxy) is 1. The first-order valence-electron chi connectivity index (χ1n) is 8.14. The van der Waals surface area contributed by atoms with Crippen LogP contribution in [0.25, 0.3) is 0 Å². The monoisotopic (exact) mass is 319 g/mol. The highest BCUT2D eigenvalue weighted by atomic mass is 16.6. The van der Waals surface area contributed by atoms with Gasteiger partial charge in [-0.15, -0.1) is 0 Å². The van der Waals surface area contributed by atoms with Gasteiger partial charge in [-0.25, -0.2) is 4.79 Å². The van der Waals surface area contributed by atoms with E-state index in [1.165, 1.54) is 6.07 Å². The number of aromatic nitrogens is 1. The number of fused-ring (bicyclic) bond motifs is 4. The van der Waals surface area contributed by atoms with E-state index in [1.54, 1.807) is 4.90 Å². The van der Waals surface area contributed by atoms with Crippen molar-refractivity contribution >= 4 is 11.8 Å². The van der Waals surface area contributed by atoms with E-state index in [4.69, 9.17) is 10.5 Å². The molecule has 6 nitrogen and oxygen atoms in total. The standard InChI is InChI=1S/C17H25N3O3/c1-10-11-7-19(16(22)23-17(2,3)4)9-13(10)14-5-12(18)6-15(21)20(14)8-11/h5-6,10-11,13H,7-9,18H2,1-4H3/t10-,11?,13?/m0/s1. The fourth-order valence-electron chi connectivity index (χ4n) is 3.69. The maximum absolute atomic E-state index is 12.4. The first kappa shape index (κ1) is 15.9.